The normalized spacial score (nSPS) is 20.1. The van der Waals surface area contributed by atoms with Gasteiger partial charge in [-0.05, 0) is 37.0 Å². The highest BCUT2D eigenvalue weighted by Gasteiger charge is 2.52. The number of nitrogens with two attached hydrogens (primary N) is 3. The van der Waals surface area contributed by atoms with Crippen molar-refractivity contribution in [2.45, 2.75) is 31.4 Å². The van der Waals surface area contributed by atoms with E-state index in [9.17, 15) is 9.59 Å². The monoisotopic (exact) mass is 393 g/mol. The van der Waals surface area contributed by atoms with Gasteiger partial charge in [-0.1, -0.05) is 12.1 Å². The minimum Gasteiger partial charge on any atom is -0.497 e. The molecule has 3 rings (SSSR count). The van der Waals surface area contributed by atoms with Gasteiger partial charge in [0.05, 0.1) is 32.5 Å². The van der Waals surface area contributed by atoms with Crippen LogP contribution in [0.4, 0.5) is 4.79 Å². The van der Waals surface area contributed by atoms with Crippen LogP contribution < -0.4 is 27.4 Å². The number of amides is 2. The topological polar surface area (TPSA) is 169 Å². The average molecular weight is 393 g/mol. The van der Waals surface area contributed by atoms with Crippen molar-refractivity contribution < 1.29 is 24.2 Å². The Hall–Kier alpha value is -2.98. The molecule has 1 atom stereocenters. The molecule has 1 spiro atoms. The van der Waals surface area contributed by atoms with Crippen molar-refractivity contribution in [3.8, 4) is 5.75 Å². The number of hydrazine groups is 1. The molecule has 28 heavy (non-hydrogen) atoms. The SMILES string of the molecule is COc1ccc(CN(N)C2=C(N)CCCC23CO3)cc1.NC(=O)CNC(=O)O. The van der Waals surface area contributed by atoms with Gasteiger partial charge in [0.25, 0.3) is 0 Å². The molecule has 1 unspecified atom stereocenters. The third kappa shape index (κ3) is 5.76. The number of rotatable bonds is 6. The van der Waals surface area contributed by atoms with Crippen LogP contribution in [0.3, 0.4) is 0 Å². The summed E-state index contributed by atoms with van der Waals surface area (Å²) in [5, 5.41) is 11.4. The molecule has 10 heteroatoms. The molecule has 10 nitrogen and oxygen atoms in total. The fraction of sp³-hybridized carbons (Fsp3) is 0.444. The lowest BCUT2D eigenvalue weighted by Crippen LogP contribution is -2.41. The van der Waals surface area contributed by atoms with E-state index in [1.165, 1.54) is 0 Å². The number of benzene rings is 1. The summed E-state index contributed by atoms with van der Waals surface area (Å²) in [7, 11) is 1.66. The number of carbonyl (C=O) groups is 2. The van der Waals surface area contributed by atoms with Crippen molar-refractivity contribution >= 4 is 12.0 Å². The number of nitrogens with one attached hydrogen (secondary N) is 1. The van der Waals surface area contributed by atoms with Crippen LogP contribution in [0, 0.1) is 0 Å². The van der Waals surface area contributed by atoms with Gasteiger partial charge in [-0.2, -0.15) is 0 Å². The van der Waals surface area contributed by atoms with Gasteiger partial charge in [0.2, 0.25) is 5.91 Å². The van der Waals surface area contributed by atoms with Crippen molar-refractivity contribution in [1.29, 1.82) is 0 Å². The Kier molecular flexibility index (Phi) is 7.07. The zero-order chi connectivity index (χ0) is 20.7. The highest BCUT2D eigenvalue weighted by atomic mass is 16.6. The van der Waals surface area contributed by atoms with E-state index in [2.05, 4.69) is 5.73 Å². The largest absolute Gasteiger partial charge is 0.497 e. The Balaban J connectivity index is 0.000000300. The number of methoxy groups -OCH3 is 1. The second kappa shape index (κ2) is 9.29. The van der Waals surface area contributed by atoms with E-state index >= 15 is 0 Å². The summed E-state index contributed by atoms with van der Waals surface area (Å²) in [5.74, 6) is 6.40. The summed E-state index contributed by atoms with van der Waals surface area (Å²) >= 11 is 0. The van der Waals surface area contributed by atoms with Gasteiger partial charge in [0, 0.05) is 5.70 Å². The molecule has 1 saturated heterocycles. The number of hydrogen-bond donors (Lipinski definition) is 5. The van der Waals surface area contributed by atoms with Gasteiger partial charge < -0.3 is 36.4 Å². The van der Waals surface area contributed by atoms with Gasteiger partial charge in [0.1, 0.15) is 11.4 Å². The maximum Gasteiger partial charge on any atom is 0.405 e. The van der Waals surface area contributed by atoms with Crippen LogP contribution in [0.2, 0.25) is 0 Å². The third-order valence-electron chi connectivity index (χ3n) is 4.47. The molecule has 1 fully saturated rings. The van der Waals surface area contributed by atoms with Crippen molar-refractivity contribution in [2.24, 2.45) is 17.3 Å². The fourth-order valence-electron chi connectivity index (χ4n) is 3.08. The first-order valence-corrected chi connectivity index (χ1v) is 8.81. The molecule has 2 amide bonds. The van der Waals surface area contributed by atoms with Gasteiger partial charge in [-0.15, -0.1) is 0 Å². The molecule has 0 bridgehead atoms. The first-order valence-electron chi connectivity index (χ1n) is 8.81. The molecule has 154 valence electrons. The first-order chi connectivity index (χ1) is 13.3. The predicted octanol–water partition coefficient (Wildman–Crippen LogP) is 0.233. The van der Waals surface area contributed by atoms with Gasteiger partial charge >= 0.3 is 6.09 Å². The Labute approximate surface area is 163 Å². The fourth-order valence-corrected chi connectivity index (χ4v) is 3.08. The van der Waals surface area contributed by atoms with Crippen molar-refractivity contribution in [3.63, 3.8) is 0 Å². The van der Waals surface area contributed by atoms with E-state index < -0.39 is 12.0 Å². The van der Waals surface area contributed by atoms with E-state index in [1.54, 1.807) is 17.4 Å². The second-order valence-corrected chi connectivity index (χ2v) is 6.61. The lowest BCUT2D eigenvalue weighted by atomic mass is 9.90. The Morgan fingerprint density at radius 2 is 2.00 bits per heavy atom. The molecule has 1 aliphatic heterocycles. The minimum absolute atomic E-state index is 0.205. The molecule has 1 aliphatic carbocycles. The Morgan fingerprint density at radius 1 is 1.36 bits per heavy atom. The summed E-state index contributed by atoms with van der Waals surface area (Å²) in [4.78, 5) is 19.4. The Morgan fingerprint density at radius 3 is 2.46 bits per heavy atom. The highest BCUT2D eigenvalue weighted by molar-refractivity contribution is 5.79. The van der Waals surface area contributed by atoms with Crippen LogP contribution in [-0.4, -0.2) is 48.0 Å². The van der Waals surface area contributed by atoms with Gasteiger partial charge in [0.15, 0.2) is 0 Å². The van der Waals surface area contributed by atoms with Crippen molar-refractivity contribution in [2.75, 3.05) is 20.3 Å². The number of allylic oxidation sites excluding steroid dienone is 1. The van der Waals surface area contributed by atoms with Crippen LogP contribution in [0.15, 0.2) is 35.7 Å². The minimum atomic E-state index is -1.25. The van der Waals surface area contributed by atoms with Crippen LogP contribution >= 0.6 is 0 Å². The summed E-state index contributed by atoms with van der Waals surface area (Å²) < 4.78 is 10.8. The number of epoxide rings is 1. The number of nitrogens with zero attached hydrogens (tertiary/aromatic N) is 1. The predicted molar refractivity (Wildman–Crippen MR) is 102 cm³/mol. The van der Waals surface area contributed by atoms with Crippen LogP contribution in [0.5, 0.6) is 5.75 Å². The number of hydrogen-bond acceptors (Lipinski definition) is 7. The lowest BCUT2D eigenvalue weighted by Gasteiger charge is -2.31. The first kappa shape index (κ1) is 21.3. The van der Waals surface area contributed by atoms with Crippen LogP contribution in [0.1, 0.15) is 24.8 Å². The molecule has 0 radical (unpaired) electrons. The second-order valence-electron chi connectivity index (χ2n) is 6.61. The standard InChI is InChI=1S/C15H21N3O2.C3H6N2O3/c1-19-12-6-4-11(5-7-12)9-18(17)14-13(16)3-2-8-15(14)10-20-15;4-2(6)1-5-3(7)8/h4-7H,2-3,8-10,16-17H2,1H3;5H,1H2,(H2,4,6)(H,7,8). The van der Waals surface area contributed by atoms with Crippen molar-refractivity contribution in [1.82, 2.24) is 10.3 Å². The van der Waals surface area contributed by atoms with Crippen molar-refractivity contribution in [3.05, 3.63) is 41.2 Å². The molecule has 1 aromatic carbocycles. The van der Waals surface area contributed by atoms with E-state index in [-0.39, 0.29) is 12.1 Å². The van der Waals surface area contributed by atoms with Gasteiger partial charge in [-0.3, -0.25) is 4.79 Å². The maximum atomic E-state index is 9.80. The van der Waals surface area contributed by atoms with Crippen LogP contribution in [-0.2, 0) is 16.1 Å². The zero-order valence-electron chi connectivity index (χ0n) is 15.8. The van der Waals surface area contributed by atoms with E-state index in [4.69, 9.17) is 26.2 Å². The highest BCUT2D eigenvalue weighted by Crippen LogP contribution is 2.45. The molecule has 1 aromatic rings. The van der Waals surface area contributed by atoms with Gasteiger partial charge in [-0.25, -0.2) is 10.6 Å². The summed E-state index contributed by atoms with van der Waals surface area (Å²) in [6, 6.07) is 7.90. The summed E-state index contributed by atoms with van der Waals surface area (Å²) in [6.07, 6.45) is 1.74. The summed E-state index contributed by atoms with van der Waals surface area (Å²) in [5.41, 5.74) is 13.5. The number of ether oxygens (including phenoxy) is 2. The molecule has 8 N–H and O–H groups in total. The van der Waals surface area contributed by atoms with E-state index in [1.807, 2.05) is 24.3 Å². The lowest BCUT2D eigenvalue weighted by molar-refractivity contribution is -0.117. The number of primary amides is 1. The van der Waals surface area contributed by atoms with Crippen LogP contribution in [0.25, 0.3) is 0 Å². The molecular formula is C18H27N5O5. The average Bonchev–Trinajstić information content (AvgIpc) is 3.40. The number of carbonyl (C=O) groups excluding carboxylic acids is 1. The molecule has 1 heterocycles. The molecule has 0 aromatic heterocycles. The van der Waals surface area contributed by atoms with E-state index in [0.717, 1.165) is 48.6 Å². The third-order valence-corrected chi connectivity index (χ3v) is 4.47. The number of carboxylic acid groups (broad SMARTS) is 1. The molecular weight excluding hydrogens is 366 g/mol. The molecule has 2 aliphatic rings. The smallest absolute Gasteiger partial charge is 0.405 e. The maximum absolute atomic E-state index is 9.80. The summed E-state index contributed by atoms with van der Waals surface area (Å²) in [6.45, 7) is 1.03. The quantitative estimate of drug-likeness (QED) is 0.260. The van der Waals surface area contributed by atoms with E-state index in [0.29, 0.717) is 6.54 Å². The Bertz CT molecular complexity index is 716. The molecule has 0 saturated carbocycles. The zero-order valence-corrected chi connectivity index (χ0v) is 15.8.